The summed E-state index contributed by atoms with van der Waals surface area (Å²) in [4.78, 5) is 43.1. The summed E-state index contributed by atoms with van der Waals surface area (Å²) in [5, 5.41) is 49.6. The van der Waals surface area contributed by atoms with Gasteiger partial charge in [0.25, 0.3) is 5.91 Å². The number of rotatable bonds is 7. The molecule has 5 aliphatic carbocycles. The van der Waals surface area contributed by atoms with Gasteiger partial charge < -0.3 is 36.4 Å². The van der Waals surface area contributed by atoms with Gasteiger partial charge in [-0.15, -0.1) is 0 Å². The van der Waals surface area contributed by atoms with E-state index in [-0.39, 0.29) is 29.7 Å². The maximum atomic E-state index is 14.2. The van der Waals surface area contributed by atoms with Gasteiger partial charge in [-0.2, -0.15) is 0 Å². The van der Waals surface area contributed by atoms with Crippen molar-refractivity contribution in [3.63, 3.8) is 0 Å². The van der Waals surface area contributed by atoms with E-state index in [9.17, 15) is 34.8 Å². The molecular weight excluding hydrogens is 564 g/mol. The number of benzene rings is 1. The summed E-state index contributed by atoms with van der Waals surface area (Å²) in [5.41, 5.74) is 4.56. The number of anilines is 1. The number of Topliss-reactive ketones (excluding diaryl/α,β-unsaturated/α-hetero) is 2. The van der Waals surface area contributed by atoms with Crippen molar-refractivity contribution in [1.29, 1.82) is 0 Å². The molecule has 0 bridgehead atoms. The molecule has 5 aliphatic rings. The third-order valence-electron chi connectivity index (χ3n) is 11.1. The maximum absolute atomic E-state index is 14.2. The predicted octanol–water partition coefficient (Wildman–Crippen LogP) is 2.09. The van der Waals surface area contributed by atoms with Gasteiger partial charge in [0, 0.05) is 43.4 Å². The Morgan fingerprint density at radius 2 is 1.73 bits per heavy atom. The van der Waals surface area contributed by atoms with Gasteiger partial charge in [-0.05, 0) is 101 Å². The van der Waals surface area contributed by atoms with Crippen LogP contribution in [-0.4, -0.2) is 89.2 Å². The molecule has 7 N–H and O–H groups in total. The SMILES string of the molecule is CN(C)c1cc(CNCC2CCC3(CC2)CC3)c(O)c2c1C[C@H]1C[C@H]3[C@H](N(C)C)C(=O)C(C(N)=O)=C(O)[C@@]3(O)C(=O)C1=C2O. The van der Waals surface area contributed by atoms with Crippen LogP contribution >= 0.6 is 0 Å². The van der Waals surface area contributed by atoms with E-state index in [0.29, 0.717) is 29.0 Å². The zero-order chi connectivity index (χ0) is 31.9. The number of likely N-dealkylation sites (N-methyl/N-ethyl adjacent to an activating group) is 1. The van der Waals surface area contributed by atoms with Gasteiger partial charge in [-0.1, -0.05) is 0 Å². The van der Waals surface area contributed by atoms with Gasteiger partial charge in [0.05, 0.1) is 11.6 Å². The first-order valence-corrected chi connectivity index (χ1v) is 15.6. The Labute approximate surface area is 257 Å². The Bertz CT molecular complexity index is 1500. The quantitative estimate of drug-likeness (QED) is 0.251. The molecular formula is C33H44N4O7. The number of aliphatic hydroxyl groups excluding tert-OH is 2. The van der Waals surface area contributed by atoms with Gasteiger partial charge in [-0.3, -0.25) is 19.3 Å². The summed E-state index contributed by atoms with van der Waals surface area (Å²) in [6.45, 7) is 1.19. The standard InChI is InChI=1S/C33H44N4O7/c1-36(2)21-13-18(15-35-14-16-5-7-32(8-6-16)9-10-32)26(38)23-19(21)11-17-12-20-25(37(3)4)28(40)24(31(34)43)30(42)33(20,44)29(41)22(17)27(23)39/h13,16-17,20,25,35,38-39,42,44H,5-12,14-15H2,1-4H3,(H2,34,43)/t17-,20-,25-,33-/m0/s1. The molecule has 3 saturated carbocycles. The molecule has 4 atom stereocenters. The molecule has 0 heterocycles. The van der Waals surface area contributed by atoms with Gasteiger partial charge in [0.1, 0.15) is 22.8 Å². The fourth-order valence-electron chi connectivity index (χ4n) is 8.46. The first kappa shape index (κ1) is 30.6. The van der Waals surface area contributed by atoms with Crippen LogP contribution in [-0.2, 0) is 27.3 Å². The number of nitrogens with one attached hydrogen (secondary N) is 1. The Morgan fingerprint density at radius 1 is 1.07 bits per heavy atom. The van der Waals surface area contributed by atoms with E-state index in [0.717, 1.165) is 12.2 Å². The van der Waals surface area contributed by atoms with Crippen LogP contribution in [0, 0.1) is 23.2 Å². The van der Waals surface area contributed by atoms with E-state index >= 15 is 0 Å². The Hall–Kier alpha value is -3.41. The van der Waals surface area contributed by atoms with Gasteiger partial charge in [0.2, 0.25) is 5.78 Å². The minimum absolute atomic E-state index is 0.0609. The van der Waals surface area contributed by atoms with Crippen molar-refractivity contribution >= 4 is 28.9 Å². The third kappa shape index (κ3) is 4.54. The van der Waals surface area contributed by atoms with Crippen molar-refractivity contribution in [2.24, 2.45) is 28.9 Å². The second-order valence-corrected chi connectivity index (χ2v) is 14.2. The monoisotopic (exact) mass is 608 g/mol. The number of hydrogen-bond donors (Lipinski definition) is 6. The Balaban J connectivity index is 1.37. The number of ketones is 2. The molecule has 0 saturated heterocycles. The number of carbonyl (C=O) groups is 3. The molecule has 1 aromatic rings. The van der Waals surface area contributed by atoms with Crippen LogP contribution in [0.3, 0.4) is 0 Å². The van der Waals surface area contributed by atoms with Crippen molar-refractivity contribution in [3.8, 4) is 5.75 Å². The largest absolute Gasteiger partial charge is 0.508 e. The lowest BCUT2D eigenvalue weighted by Gasteiger charge is -2.50. The summed E-state index contributed by atoms with van der Waals surface area (Å²) in [7, 11) is 6.92. The second-order valence-electron chi connectivity index (χ2n) is 14.2. The average Bonchev–Trinajstić information content (AvgIpc) is 3.71. The number of nitrogens with zero attached hydrogens (tertiary/aromatic N) is 2. The smallest absolute Gasteiger partial charge is 0.255 e. The molecule has 1 aromatic carbocycles. The number of primary amides is 1. The minimum atomic E-state index is -2.65. The normalized spacial score (nSPS) is 29.5. The van der Waals surface area contributed by atoms with Crippen LogP contribution < -0.4 is 16.0 Å². The second kappa shape index (κ2) is 10.6. The zero-order valence-corrected chi connectivity index (χ0v) is 25.9. The van der Waals surface area contributed by atoms with Crippen molar-refractivity contribution < 1.29 is 34.8 Å². The van der Waals surface area contributed by atoms with Gasteiger partial charge in [0.15, 0.2) is 11.4 Å². The van der Waals surface area contributed by atoms with E-state index in [1.165, 1.54) is 43.4 Å². The minimum Gasteiger partial charge on any atom is -0.508 e. The molecule has 0 aromatic heterocycles. The van der Waals surface area contributed by atoms with Crippen LogP contribution in [0.1, 0.15) is 61.6 Å². The van der Waals surface area contributed by atoms with Crippen LogP contribution in [0.25, 0.3) is 5.76 Å². The van der Waals surface area contributed by atoms with Gasteiger partial charge >= 0.3 is 0 Å². The molecule has 0 unspecified atom stereocenters. The zero-order valence-electron chi connectivity index (χ0n) is 25.9. The number of nitrogens with two attached hydrogens (primary N) is 1. The third-order valence-corrected chi connectivity index (χ3v) is 11.1. The molecule has 1 amide bonds. The Morgan fingerprint density at radius 3 is 2.30 bits per heavy atom. The summed E-state index contributed by atoms with van der Waals surface area (Å²) >= 11 is 0. The Kier molecular flexibility index (Phi) is 7.37. The number of fused-ring (bicyclic) bond motifs is 3. The lowest BCUT2D eigenvalue weighted by Crippen LogP contribution is -2.65. The highest BCUT2D eigenvalue weighted by Gasteiger charge is 2.64. The summed E-state index contributed by atoms with van der Waals surface area (Å²) < 4.78 is 0. The average molecular weight is 609 g/mol. The highest BCUT2D eigenvalue weighted by atomic mass is 16.3. The molecule has 3 fully saturated rings. The maximum Gasteiger partial charge on any atom is 0.255 e. The highest BCUT2D eigenvalue weighted by molar-refractivity contribution is 6.24. The van der Waals surface area contributed by atoms with Gasteiger partial charge in [-0.25, -0.2) is 0 Å². The number of aromatic hydroxyl groups is 1. The number of aliphatic hydroxyl groups is 3. The first-order valence-electron chi connectivity index (χ1n) is 15.6. The van der Waals surface area contributed by atoms with E-state index < -0.39 is 58.0 Å². The molecule has 238 valence electrons. The highest BCUT2D eigenvalue weighted by Crippen LogP contribution is 2.57. The number of amides is 1. The topological polar surface area (TPSA) is 177 Å². The van der Waals surface area contributed by atoms with E-state index in [1.54, 1.807) is 14.1 Å². The van der Waals surface area contributed by atoms with E-state index in [2.05, 4.69) is 5.32 Å². The summed E-state index contributed by atoms with van der Waals surface area (Å²) in [6, 6.07) is 0.794. The molecule has 0 radical (unpaired) electrons. The van der Waals surface area contributed by atoms with E-state index in [4.69, 9.17) is 5.73 Å². The lowest BCUT2D eigenvalue weighted by atomic mass is 9.57. The number of carbonyl (C=O) groups excluding carboxylic acids is 3. The van der Waals surface area contributed by atoms with Crippen molar-refractivity contribution in [2.75, 3.05) is 39.6 Å². The van der Waals surface area contributed by atoms with Crippen molar-refractivity contribution in [2.45, 2.75) is 69.6 Å². The predicted molar refractivity (Wildman–Crippen MR) is 164 cm³/mol. The molecule has 1 spiro atoms. The number of hydrogen-bond acceptors (Lipinski definition) is 10. The fraction of sp³-hybridized carbons (Fsp3) is 0.606. The lowest BCUT2D eigenvalue weighted by molar-refractivity contribution is -0.153. The van der Waals surface area contributed by atoms with Crippen molar-refractivity contribution in [1.82, 2.24) is 10.2 Å². The summed E-state index contributed by atoms with van der Waals surface area (Å²) in [5.74, 6) is -5.84. The van der Waals surface area contributed by atoms with Crippen LogP contribution in [0.15, 0.2) is 23.0 Å². The molecule has 44 heavy (non-hydrogen) atoms. The summed E-state index contributed by atoms with van der Waals surface area (Å²) in [6.07, 6.45) is 8.01. The van der Waals surface area contributed by atoms with Crippen molar-refractivity contribution in [3.05, 3.63) is 39.7 Å². The molecule has 11 nitrogen and oxygen atoms in total. The molecule has 11 heteroatoms. The van der Waals surface area contributed by atoms with E-state index in [1.807, 2.05) is 25.1 Å². The number of phenols is 1. The van der Waals surface area contributed by atoms with Crippen LogP contribution in [0.5, 0.6) is 5.75 Å². The molecule has 0 aliphatic heterocycles. The van der Waals surface area contributed by atoms with Crippen LogP contribution in [0.4, 0.5) is 5.69 Å². The molecule has 6 rings (SSSR count). The first-order chi connectivity index (χ1) is 20.7. The fourth-order valence-corrected chi connectivity index (χ4v) is 8.46. The number of phenolic OH excluding ortho intramolecular Hbond substituents is 1. The van der Waals surface area contributed by atoms with Crippen LogP contribution in [0.2, 0.25) is 0 Å².